The Morgan fingerprint density at radius 3 is 0.968 bits per heavy atom. The predicted octanol–water partition coefficient (Wildman–Crippen LogP) is 16.3. The van der Waals surface area contributed by atoms with Crippen molar-refractivity contribution in [1.29, 1.82) is 0 Å². The summed E-state index contributed by atoms with van der Waals surface area (Å²) in [6.07, 6.45) is 0. The van der Waals surface area contributed by atoms with E-state index in [1.807, 2.05) is 0 Å². The van der Waals surface area contributed by atoms with Crippen molar-refractivity contribution in [2.45, 2.75) is 40.0 Å². The highest BCUT2D eigenvalue weighted by molar-refractivity contribution is 5.91. The van der Waals surface area contributed by atoms with Gasteiger partial charge in [-0.05, 0) is 154 Å². The van der Waals surface area contributed by atoms with Crippen LogP contribution in [0.5, 0.6) is 0 Å². The van der Waals surface area contributed by atoms with Gasteiger partial charge in [-0.1, -0.05) is 149 Å². The van der Waals surface area contributed by atoms with Crippen LogP contribution in [0.15, 0.2) is 218 Å². The number of rotatable bonds is 9. The van der Waals surface area contributed by atoms with Crippen LogP contribution >= 0.6 is 0 Å². The van der Waals surface area contributed by atoms with E-state index >= 15 is 0 Å². The zero-order valence-electron chi connectivity index (χ0n) is 36.6. The molecule has 0 atom stereocenters. The molecule has 0 saturated heterocycles. The topological polar surface area (TPSA) is 9.72 Å². The van der Waals surface area contributed by atoms with Gasteiger partial charge in [0, 0.05) is 39.8 Å². The largest absolute Gasteiger partial charge is 0.310 e. The average molecular weight is 814 g/mol. The van der Waals surface area contributed by atoms with Gasteiger partial charge in [0.2, 0.25) is 0 Å². The van der Waals surface area contributed by atoms with Gasteiger partial charge in [-0.15, -0.1) is 0 Å². The molecule has 0 aliphatic carbocycles. The molecule has 3 nitrogen and oxygen atoms in total. The van der Waals surface area contributed by atoms with Gasteiger partial charge in [-0.25, -0.2) is 0 Å². The van der Waals surface area contributed by atoms with E-state index in [1.165, 1.54) is 50.1 Å². The number of aryl methyl sites for hydroxylation is 5. The first kappa shape index (κ1) is 39.5. The van der Waals surface area contributed by atoms with Crippen LogP contribution in [-0.2, 0) is 5.41 Å². The highest BCUT2D eigenvalue weighted by Gasteiger charge is 2.47. The van der Waals surface area contributed by atoms with Gasteiger partial charge in [0.1, 0.15) is 0 Å². The molecule has 0 aromatic heterocycles. The lowest BCUT2D eigenvalue weighted by Crippen LogP contribution is -2.38. The Balaban J connectivity index is 1.27. The Bertz CT molecular complexity index is 2760. The number of benzene rings is 9. The third-order valence-electron chi connectivity index (χ3n) is 12.6. The van der Waals surface area contributed by atoms with Crippen molar-refractivity contribution in [1.82, 2.24) is 0 Å². The second-order valence-electron chi connectivity index (χ2n) is 17.1. The fourth-order valence-corrected chi connectivity index (χ4v) is 9.43. The highest BCUT2D eigenvalue weighted by Crippen LogP contribution is 2.58. The molecule has 1 aliphatic rings. The summed E-state index contributed by atoms with van der Waals surface area (Å²) in [5.74, 6) is 0. The first-order valence-corrected chi connectivity index (χ1v) is 21.9. The molecular formula is C60H51N3. The first-order chi connectivity index (χ1) is 30.8. The standard InChI is InChI=1S/C60H51N3/c1-42-20-30-49(31-21-42)61(50-32-22-43(2)23-33-50)54-14-10-12-47(40-54)60(48-13-11-15-55(41-48)62(51-34-24-44(3)25-35-51)52-36-26-45(4)27-37-52)56-16-6-8-18-58(56)63(53-38-28-46(5)29-39-53)59-19-9-7-17-57(59)60/h6-41H,1-5H3. The van der Waals surface area contributed by atoms with E-state index in [0.717, 1.165) is 51.2 Å². The third kappa shape index (κ3) is 7.16. The number of nitrogens with zero attached hydrogens (tertiary/aromatic N) is 3. The van der Waals surface area contributed by atoms with E-state index in [9.17, 15) is 0 Å². The molecule has 1 heterocycles. The Kier molecular flexibility index (Phi) is 10.2. The van der Waals surface area contributed by atoms with Crippen LogP contribution in [0, 0.1) is 34.6 Å². The molecule has 306 valence electrons. The Labute approximate surface area is 372 Å². The summed E-state index contributed by atoms with van der Waals surface area (Å²) in [6, 6.07) is 81.0. The first-order valence-electron chi connectivity index (χ1n) is 21.9. The monoisotopic (exact) mass is 813 g/mol. The fourth-order valence-electron chi connectivity index (χ4n) is 9.43. The molecule has 3 heteroatoms. The molecule has 0 spiro atoms. The van der Waals surface area contributed by atoms with Crippen LogP contribution in [-0.4, -0.2) is 0 Å². The Morgan fingerprint density at radius 2 is 0.619 bits per heavy atom. The minimum Gasteiger partial charge on any atom is -0.310 e. The minimum absolute atomic E-state index is 0.737. The van der Waals surface area contributed by atoms with E-state index < -0.39 is 5.41 Å². The van der Waals surface area contributed by atoms with Gasteiger partial charge >= 0.3 is 0 Å². The molecule has 0 N–H and O–H groups in total. The van der Waals surface area contributed by atoms with Crippen molar-refractivity contribution in [3.63, 3.8) is 0 Å². The smallest absolute Gasteiger partial charge is 0.0743 e. The predicted molar refractivity (Wildman–Crippen MR) is 266 cm³/mol. The van der Waals surface area contributed by atoms with Gasteiger partial charge in [0.05, 0.1) is 16.8 Å². The van der Waals surface area contributed by atoms with Gasteiger partial charge in [0.15, 0.2) is 0 Å². The molecule has 10 rings (SSSR count). The van der Waals surface area contributed by atoms with Gasteiger partial charge in [0.25, 0.3) is 0 Å². The molecule has 0 radical (unpaired) electrons. The second kappa shape index (κ2) is 16.3. The van der Waals surface area contributed by atoms with Crippen LogP contribution in [0.25, 0.3) is 0 Å². The lowest BCUT2D eigenvalue weighted by atomic mass is 9.62. The molecular weight excluding hydrogens is 763 g/mol. The highest BCUT2D eigenvalue weighted by atomic mass is 15.2. The molecule has 63 heavy (non-hydrogen) atoms. The fraction of sp³-hybridized carbons (Fsp3) is 0.100. The molecule has 0 amide bonds. The van der Waals surface area contributed by atoms with Crippen LogP contribution < -0.4 is 14.7 Å². The summed E-state index contributed by atoms with van der Waals surface area (Å²) < 4.78 is 0. The SMILES string of the molecule is Cc1ccc(N(c2ccc(C)cc2)c2cccc(C3(c4cccc(N(c5ccc(C)cc5)c5ccc(C)cc5)c4)c4ccccc4N(c4ccc(C)cc4)c4ccccc43)c2)cc1. The molecule has 9 aromatic rings. The molecule has 9 aromatic carbocycles. The van der Waals surface area contributed by atoms with Crippen molar-refractivity contribution in [3.05, 3.63) is 268 Å². The third-order valence-corrected chi connectivity index (χ3v) is 12.6. The lowest BCUT2D eigenvalue weighted by Gasteiger charge is -2.47. The number of hydrogen-bond acceptors (Lipinski definition) is 3. The van der Waals surface area contributed by atoms with Crippen LogP contribution in [0.4, 0.5) is 51.2 Å². The van der Waals surface area contributed by atoms with Crippen molar-refractivity contribution in [3.8, 4) is 0 Å². The van der Waals surface area contributed by atoms with Crippen molar-refractivity contribution < 1.29 is 0 Å². The number of hydrogen-bond donors (Lipinski definition) is 0. The van der Waals surface area contributed by atoms with E-state index in [0.29, 0.717) is 0 Å². The lowest BCUT2D eigenvalue weighted by molar-refractivity contribution is 0.731. The van der Waals surface area contributed by atoms with E-state index in [-0.39, 0.29) is 0 Å². The van der Waals surface area contributed by atoms with Gasteiger partial charge in [-0.2, -0.15) is 0 Å². The van der Waals surface area contributed by atoms with Crippen LogP contribution in [0.1, 0.15) is 50.1 Å². The van der Waals surface area contributed by atoms with E-state index in [4.69, 9.17) is 0 Å². The van der Waals surface area contributed by atoms with Crippen LogP contribution in [0.2, 0.25) is 0 Å². The molecule has 0 unspecified atom stereocenters. The quantitative estimate of drug-likeness (QED) is 0.144. The number of fused-ring (bicyclic) bond motifs is 2. The normalized spacial score (nSPS) is 12.6. The molecule has 1 aliphatic heterocycles. The average Bonchev–Trinajstić information content (AvgIpc) is 3.31. The van der Waals surface area contributed by atoms with E-state index in [2.05, 4.69) is 268 Å². The summed E-state index contributed by atoms with van der Waals surface area (Å²) in [5, 5.41) is 0. The number of para-hydroxylation sites is 2. The van der Waals surface area contributed by atoms with Crippen molar-refractivity contribution >= 4 is 51.2 Å². The molecule has 0 bridgehead atoms. The van der Waals surface area contributed by atoms with Crippen molar-refractivity contribution in [2.75, 3.05) is 14.7 Å². The summed E-state index contributed by atoms with van der Waals surface area (Å²) in [6.45, 7) is 10.7. The van der Waals surface area contributed by atoms with Gasteiger partial charge < -0.3 is 14.7 Å². The van der Waals surface area contributed by atoms with Crippen LogP contribution in [0.3, 0.4) is 0 Å². The van der Waals surface area contributed by atoms with Crippen molar-refractivity contribution in [2.24, 2.45) is 0 Å². The Morgan fingerprint density at radius 1 is 0.302 bits per heavy atom. The molecule has 0 saturated carbocycles. The second-order valence-corrected chi connectivity index (χ2v) is 17.1. The molecule has 0 fully saturated rings. The zero-order chi connectivity index (χ0) is 43.1. The number of anilines is 9. The minimum atomic E-state index is -0.737. The maximum atomic E-state index is 2.45. The summed E-state index contributed by atoms with van der Waals surface area (Å²) in [7, 11) is 0. The zero-order valence-corrected chi connectivity index (χ0v) is 36.6. The maximum Gasteiger partial charge on any atom is 0.0743 e. The van der Waals surface area contributed by atoms with E-state index in [1.54, 1.807) is 0 Å². The maximum absolute atomic E-state index is 2.45. The Hall–Kier alpha value is -7.62. The summed E-state index contributed by atoms with van der Waals surface area (Å²) >= 11 is 0. The van der Waals surface area contributed by atoms with Gasteiger partial charge in [-0.3, -0.25) is 0 Å². The summed E-state index contributed by atoms with van der Waals surface area (Å²) in [5.41, 5.74) is 20.3. The summed E-state index contributed by atoms with van der Waals surface area (Å²) in [4.78, 5) is 7.23.